The number of phenols is 2. The maximum Gasteiger partial charge on any atom is 0.157 e. The van der Waals surface area contributed by atoms with Crippen molar-refractivity contribution in [3.05, 3.63) is 59.7 Å². The molecule has 0 aliphatic carbocycles. The summed E-state index contributed by atoms with van der Waals surface area (Å²) in [6, 6.07) is 14.8. The van der Waals surface area contributed by atoms with E-state index in [1.807, 2.05) is 18.2 Å². The molecule has 2 rings (SSSR count). The van der Waals surface area contributed by atoms with Crippen molar-refractivity contribution in [1.29, 1.82) is 0 Å². The van der Waals surface area contributed by atoms with Crippen LogP contribution in [0.1, 0.15) is 30.5 Å². The van der Waals surface area contributed by atoms with Crippen molar-refractivity contribution < 1.29 is 15.3 Å². The van der Waals surface area contributed by atoms with Crippen LogP contribution in [0, 0.1) is 0 Å². The molecular formula is C18H24ClNO3. The van der Waals surface area contributed by atoms with E-state index < -0.39 is 0 Å². The van der Waals surface area contributed by atoms with Gasteiger partial charge in [0.2, 0.25) is 0 Å². The molecule has 2 aromatic rings. The molecule has 0 heterocycles. The minimum Gasteiger partial charge on any atom is -0.504 e. The Bertz CT molecular complexity index is 592. The third-order valence-corrected chi connectivity index (χ3v) is 3.78. The van der Waals surface area contributed by atoms with Crippen LogP contribution in [-0.4, -0.2) is 28.0 Å². The highest BCUT2D eigenvalue weighted by atomic mass is 35.5. The van der Waals surface area contributed by atoms with Crippen molar-refractivity contribution in [2.75, 3.05) is 6.61 Å². The Kier molecular flexibility index (Phi) is 7.89. The SMILES string of the molecule is CC(CCc1ccccc1)NC(CO)c1ccc(O)c(O)c1.Cl. The molecule has 0 saturated heterocycles. The van der Waals surface area contributed by atoms with Gasteiger partial charge in [-0.25, -0.2) is 0 Å². The average Bonchev–Trinajstić information content (AvgIpc) is 2.54. The second-order valence-electron chi connectivity index (χ2n) is 5.58. The zero-order valence-corrected chi connectivity index (χ0v) is 14.0. The Hall–Kier alpha value is -1.75. The van der Waals surface area contributed by atoms with E-state index in [2.05, 4.69) is 24.4 Å². The first-order chi connectivity index (χ1) is 10.6. The fourth-order valence-corrected chi connectivity index (χ4v) is 2.47. The first-order valence-electron chi connectivity index (χ1n) is 7.53. The summed E-state index contributed by atoms with van der Waals surface area (Å²) in [6.07, 6.45) is 1.92. The minimum atomic E-state index is -0.266. The summed E-state index contributed by atoms with van der Waals surface area (Å²) >= 11 is 0. The number of hydrogen-bond acceptors (Lipinski definition) is 4. The van der Waals surface area contributed by atoms with Crippen molar-refractivity contribution in [1.82, 2.24) is 5.32 Å². The molecule has 4 N–H and O–H groups in total. The van der Waals surface area contributed by atoms with Gasteiger partial charge in [0.1, 0.15) is 0 Å². The molecule has 0 aromatic heterocycles. The lowest BCUT2D eigenvalue weighted by Gasteiger charge is -2.22. The Balaban J connectivity index is 0.00000264. The first-order valence-corrected chi connectivity index (χ1v) is 7.53. The summed E-state index contributed by atoms with van der Waals surface area (Å²) in [6.45, 7) is 2.01. The third-order valence-electron chi connectivity index (χ3n) is 3.78. The van der Waals surface area contributed by atoms with Crippen molar-refractivity contribution in [2.45, 2.75) is 31.8 Å². The lowest BCUT2D eigenvalue weighted by atomic mass is 10.0. The highest BCUT2D eigenvalue weighted by Crippen LogP contribution is 2.28. The quantitative estimate of drug-likeness (QED) is 0.586. The topological polar surface area (TPSA) is 72.7 Å². The van der Waals surface area contributed by atoms with Crippen LogP contribution in [0.25, 0.3) is 0 Å². The van der Waals surface area contributed by atoms with E-state index in [4.69, 9.17) is 0 Å². The Labute approximate surface area is 143 Å². The third kappa shape index (κ3) is 5.75. The highest BCUT2D eigenvalue weighted by molar-refractivity contribution is 5.85. The van der Waals surface area contributed by atoms with Gasteiger partial charge < -0.3 is 20.6 Å². The van der Waals surface area contributed by atoms with Crippen LogP contribution in [0.2, 0.25) is 0 Å². The normalized spacial score (nSPS) is 13.1. The molecule has 5 heteroatoms. The number of halogens is 1. The van der Waals surface area contributed by atoms with Crippen LogP contribution in [0.4, 0.5) is 0 Å². The maximum absolute atomic E-state index is 9.57. The van der Waals surface area contributed by atoms with E-state index in [0.717, 1.165) is 18.4 Å². The van der Waals surface area contributed by atoms with Gasteiger partial charge in [0.25, 0.3) is 0 Å². The van der Waals surface area contributed by atoms with Crippen molar-refractivity contribution in [3.63, 3.8) is 0 Å². The molecule has 2 unspecified atom stereocenters. The molecule has 0 amide bonds. The van der Waals surface area contributed by atoms with Crippen LogP contribution in [-0.2, 0) is 6.42 Å². The first kappa shape index (κ1) is 19.3. The van der Waals surface area contributed by atoms with Crippen LogP contribution in [0.5, 0.6) is 11.5 Å². The van der Waals surface area contributed by atoms with Gasteiger partial charge in [-0.1, -0.05) is 36.4 Å². The van der Waals surface area contributed by atoms with Gasteiger partial charge in [0.15, 0.2) is 11.5 Å². The van der Waals surface area contributed by atoms with E-state index >= 15 is 0 Å². The second kappa shape index (κ2) is 9.40. The minimum absolute atomic E-state index is 0. The van der Waals surface area contributed by atoms with Crippen molar-refractivity contribution in [3.8, 4) is 11.5 Å². The van der Waals surface area contributed by atoms with Crippen LogP contribution in [0.15, 0.2) is 48.5 Å². The molecule has 126 valence electrons. The van der Waals surface area contributed by atoms with E-state index in [9.17, 15) is 15.3 Å². The molecule has 0 radical (unpaired) electrons. The van der Waals surface area contributed by atoms with E-state index in [-0.39, 0.29) is 42.6 Å². The largest absolute Gasteiger partial charge is 0.504 e. The number of hydrogen-bond donors (Lipinski definition) is 4. The number of phenolic OH excluding ortho intramolecular Hbond substituents is 2. The number of aliphatic hydroxyl groups is 1. The molecule has 23 heavy (non-hydrogen) atoms. The number of rotatable bonds is 7. The molecule has 0 bridgehead atoms. The molecule has 0 aliphatic rings. The standard InChI is InChI=1S/C18H23NO3.ClH/c1-13(7-8-14-5-3-2-4-6-14)19-16(12-20)15-9-10-17(21)18(22)11-15;/h2-6,9-11,13,16,19-22H,7-8,12H2,1H3;1H. The fraction of sp³-hybridized carbons (Fsp3) is 0.333. The summed E-state index contributed by atoms with van der Waals surface area (Å²) < 4.78 is 0. The predicted octanol–water partition coefficient (Wildman–Crippen LogP) is 3.16. The smallest absolute Gasteiger partial charge is 0.157 e. The number of aryl methyl sites for hydroxylation is 1. The molecule has 2 aromatic carbocycles. The Morgan fingerprint density at radius 2 is 1.70 bits per heavy atom. The summed E-state index contributed by atoms with van der Waals surface area (Å²) in [5.41, 5.74) is 2.04. The average molecular weight is 338 g/mol. The van der Waals surface area contributed by atoms with Crippen molar-refractivity contribution in [2.24, 2.45) is 0 Å². The van der Waals surface area contributed by atoms with Crippen LogP contribution in [0.3, 0.4) is 0 Å². The zero-order chi connectivity index (χ0) is 15.9. The molecule has 0 spiro atoms. The Morgan fingerprint density at radius 3 is 2.30 bits per heavy atom. The summed E-state index contributed by atoms with van der Waals surface area (Å²) in [5, 5.41) is 31.9. The summed E-state index contributed by atoms with van der Waals surface area (Å²) in [4.78, 5) is 0. The maximum atomic E-state index is 9.57. The summed E-state index contributed by atoms with van der Waals surface area (Å²) in [7, 11) is 0. The monoisotopic (exact) mass is 337 g/mol. The number of aliphatic hydroxyl groups excluding tert-OH is 1. The van der Waals surface area contributed by atoms with Gasteiger partial charge in [0.05, 0.1) is 12.6 Å². The number of nitrogens with one attached hydrogen (secondary N) is 1. The molecule has 0 fully saturated rings. The van der Waals surface area contributed by atoms with Gasteiger partial charge in [-0.2, -0.15) is 0 Å². The van der Waals surface area contributed by atoms with E-state index in [1.54, 1.807) is 6.07 Å². The highest BCUT2D eigenvalue weighted by Gasteiger charge is 2.15. The van der Waals surface area contributed by atoms with Gasteiger partial charge >= 0.3 is 0 Å². The number of benzene rings is 2. The molecular weight excluding hydrogens is 314 g/mol. The lowest BCUT2D eigenvalue weighted by molar-refractivity contribution is 0.232. The van der Waals surface area contributed by atoms with Crippen LogP contribution >= 0.6 is 12.4 Å². The predicted molar refractivity (Wildman–Crippen MR) is 94.2 cm³/mol. The zero-order valence-electron chi connectivity index (χ0n) is 13.1. The van der Waals surface area contributed by atoms with Crippen LogP contribution < -0.4 is 5.32 Å². The van der Waals surface area contributed by atoms with Gasteiger partial charge in [-0.15, -0.1) is 12.4 Å². The molecule has 2 atom stereocenters. The van der Waals surface area contributed by atoms with Gasteiger partial charge in [0, 0.05) is 6.04 Å². The molecule has 0 saturated carbocycles. The van der Waals surface area contributed by atoms with Gasteiger partial charge in [-0.3, -0.25) is 0 Å². The number of aromatic hydroxyl groups is 2. The molecule has 0 aliphatic heterocycles. The fourth-order valence-electron chi connectivity index (χ4n) is 2.47. The summed E-state index contributed by atoms with van der Waals surface area (Å²) in [5.74, 6) is -0.327. The van der Waals surface area contributed by atoms with Gasteiger partial charge in [-0.05, 0) is 43.0 Å². The van der Waals surface area contributed by atoms with E-state index in [0.29, 0.717) is 0 Å². The van der Waals surface area contributed by atoms with E-state index in [1.165, 1.54) is 17.7 Å². The lowest BCUT2D eigenvalue weighted by Crippen LogP contribution is -2.33. The molecule has 4 nitrogen and oxygen atoms in total. The second-order valence-corrected chi connectivity index (χ2v) is 5.58. The van der Waals surface area contributed by atoms with Crippen molar-refractivity contribution >= 4 is 12.4 Å². The Morgan fingerprint density at radius 1 is 1.00 bits per heavy atom.